The highest BCUT2D eigenvalue weighted by Gasteiger charge is 2.21. The van der Waals surface area contributed by atoms with Gasteiger partial charge in [-0.15, -0.1) is 0 Å². The van der Waals surface area contributed by atoms with E-state index < -0.39 is 0 Å². The van der Waals surface area contributed by atoms with E-state index in [1.54, 1.807) is 26.4 Å². The van der Waals surface area contributed by atoms with E-state index in [9.17, 15) is 5.11 Å². The first-order valence-electron chi connectivity index (χ1n) is 8.68. The van der Waals surface area contributed by atoms with Crippen LogP contribution in [0, 0.1) is 0 Å². The summed E-state index contributed by atoms with van der Waals surface area (Å²) in [5, 5.41) is 13.4. The number of guanidine groups is 1. The van der Waals surface area contributed by atoms with Gasteiger partial charge >= 0.3 is 0 Å². The molecule has 7 nitrogen and oxygen atoms in total. The highest BCUT2D eigenvalue weighted by Crippen LogP contribution is 2.27. The van der Waals surface area contributed by atoms with Crippen molar-refractivity contribution in [3.63, 3.8) is 0 Å². The standard InChI is InChI=1S/C19H25N5O2/c1-20-19(22-14-15-7-8-18(26-2)21-13-15)24-11-9-23(10-12-24)16-5-3-4-6-17(16)25/h3-8,13,25H,9-12,14H2,1-2H3,(H,20,22). The maximum atomic E-state index is 10.0. The van der Waals surface area contributed by atoms with E-state index in [1.807, 2.05) is 30.3 Å². The van der Waals surface area contributed by atoms with E-state index in [2.05, 4.69) is 25.1 Å². The number of aliphatic imine (C=N–C) groups is 1. The second-order valence-electron chi connectivity index (χ2n) is 6.07. The molecule has 0 saturated carbocycles. The van der Waals surface area contributed by atoms with Crippen LogP contribution in [-0.2, 0) is 6.54 Å². The summed E-state index contributed by atoms with van der Waals surface area (Å²) in [6.07, 6.45) is 1.80. The molecule has 0 atom stereocenters. The van der Waals surface area contributed by atoms with E-state index in [0.29, 0.717) is 18.2 Å². The Morgan fingerprint density at radius 3 is 2.58 bits per heavy atom. The van der Waals surface area contributed by atoms with Crippen LogP contribution in [0.5, 0.6) is 11.6 Å². The molecule has 0 bridgehead atoms. The normalized spacial score (nSPS) is 15.1. The monoisotopic (exact) mass is 355 g/mol. The van der Waals surface area contributed by atoms with Crippen LogP contribution in [-0.4, -0.2) is 61.3 Å². The number of phenolic OH excluding ortho intramolecular Hbond substituents is 1. The summed E-state index contributed by atoms with van der Waals surface area (Å²) in [6, 6.07) is 11.3. The zero-order valence-electron chi connectivity index (χ0n) is 15.2. The number of methoxy groups -OCH3 is 1. The van der Waals surface area contributed by atoms with E-state index >= 15 is 0 Å². The minimum atomic E-state index is 0.329. The van der Waals surface area contributed by atoms with E-state index in [0.717, 1.165) is 43.4 Å². The quantitative estimate of drug-likeness (QED) is 0.642. The molecule has 0 amide bonds. The lowest BCUT2D eigenvalue weighted by atomic mass is 10.2. The van der Waals surface area contributed by atoms with Gasteiger partial charge in [-0.25, -0.2) is 4.98 Å². The van der Waals surface area contributed by atoms with Gasteiger partial charge in [-0.1, -0.05) is 18.2 Å². The fraction of sp³-hybridized carbons (Fsp3) is 0.368. The van der Waals surface area contributed by atoms with Crippen molar-refractivity contribution in [3.05, 3.63) is 48.2 Å². The summed E-state index contributed by atoms with van der Waals surface area (Å²) in [7, 11) is 3.40. The zero-order chi connectivity index (χ0) is 18.4. The van der Waals surface area contributed by atoms with Gasteiger partial charge in [0, 0.05) is 52.0 Å². The van der Waals surface area contributed by atoms with Crippen molar-refractivity contribution in [3.8, 4) is 11.6 Å². The van der Waals surface area contributed by atoms with E-state index in [-0.39, 0.29) is 0 Å². The third-order valence-electron chi connectivity index (χ3n) is 4.47. The SMILES string of the molecule is CN=C(NCc1ccc(OC)nc1)N1CCN(c2ccccc2O)CC1. The van der Waals surface area contributed by atoms with Crippen LogP contribution in [0.25, 0.3) is 0 Å². The summed E-state index contributed by atoms with van der Waals surface area (Å²) in [5.41, 5.74) is 1.96. The molecule has 1 saturated heterocycles. The lowest BCUT2D eigenvalue weighted by Crippen LogP contribution is -2.52. The van der Waals surface area contributed by atoms with Gasteiger partial charge in [0.25, 0.3) is 0 Å². The first-order chi connectivity index (χ1) is 12.7. The molecule has 0 radical (unpaired) electrons. The number of rotatable bonds is 4. The van der Waals surface area contributed by atoms with Crippen molar-refractivity contribution in [2.24, 2.45) is 4.99 Å². The minimum Gasteiger partial charge on any atom is -0.506 e. The largest absolute Gasteiger partial charge is 0.506 e. The molecule has 1 aromatic heterocycles. The number of para-hydroxylation sites is 2. The number of aromatic hydroxyl groups is 1. The fourth-order valence-electron chi connectivity index (χ4n) is 3.04. The predicted octanol–water partition coefficient (Wildman–Crippen LogP) is 1.69. The Morgan fingerprint density at radius 2 is 1.96 bits per heavy atom. The number of piperazine rings is 1. The summed E-state index contributed by atoms with van der Waals surface area (Å²) >= 11 is 0. The molecule has 7 heteroatoms. The molecule has 0 spiro atoms. The van der Waals surface area contributed by atoms with Crippen LogP contribution in [0.1, 0.15) is 5.56 Å². The molecule has 0 unspecified atom stereocenters. The maximum Gasteiger partial charge on any atom is 0.212 e. The van der Waals surface area contributed by atoms with Crippen molar-refractivity contribution < 1.29 is 9.84 Å². The Hall–Kier alpha value is -2.96. The maximum absolute atomic E-state index is 10.0. The second kappa shape index (κ2) is 8.42. The lowest BCUT2D eigenvalue weighted by molar-refractivity contribution is 0.369. The number of benzene rings is 1. The van der Waals surface area contributed by atoms with Crippen LogP contribution in [0.2, 0.25) is 0 Å². The summed E-state index contributed by atoms with van der Waals surface area (Å²) in [5.74, 6) is 1.81. The first kappa shape index (κ1) is 17.8. The Bertz CT molecular complexity index is 740. The number of aromatic nitrogens is 1. The van der Waals surface area contributed by atoms with Gasteiger partial charge in [-0.05, 0) is 17.7 Å². The number of anilines is 1. The molecule has 26 heavy (non-hydrogen) atoms. The van der Waals surface area contributed by atoms with Crippen LogP contribution in [0.15, 0.2) is 47.6 Å². The molecule has 0 aliphatic carbocycles. The zero-order valence-corrected chi connectivity index (χ0v) is 15.2. The third-order valence-corrected chi connectivity index (χ3v) is 4.47. The molecule has 2 N–H and O–H groups in total. The summed E-state index contributed by atoms with van der Waals surface area (Å²) < 4.78 is 5.08. The average Bonchev–Trinajstić information content (AvgIpc) is 2.70. The highest BCUT2D eigenvalue weighted by atomic mass is 16.5. The molecule has 2 heterocycles. The molecule has 1 aliphatic heterocycles. The average molecular weight is 355 g/mol. The van der Waals surface area contributed by atoms with Gasteiger partial charge in [-0.2, -0.15) is 0 Å². The molecular formula is C19H25N5O2. The van der Waals surface area contributed by atoms with Gasteiger partial charge < -0.3 is 25.0 Å². The van der Waals surface area contributed by atoms with E-state index in [4.69, 9.17) is 4.74 Å². The molecule has 3 rings (SSSR count). The molecule has 1 aromatic carbocycles. The van der Waals surface area contributed by atoms with Crippen molar-refractivity contribution in [1.82, 2.24) is 15.2 Å². The van der Waals surface area contributed by atoms with Gasteiger partial charge in [-0.3, -0.25) is 4.99 Å². The Morgan fingerprint density at radius 1 is 1.19 bits per heavy atom. The van der Waals surface area contributed by atoms with Crippen molar-refractivity contribution >= 4 is 11.6 Å². The summed E-state index contributed by atoms with van der Waals surface area (Å²) in [6.45, 7) is 4.01. The van der Waals surface area contributed by atoms with Crippen LogP contribution >= 0.6 is 0 Å². The third kappa shape index (κ3) is 4.17. The lowest BCUT2D eigenvalue weighted by Gasteiger charge is -2.37. The van der Waals surface area contributed by atoms with Crippen molar-refractivity contribution in [2.45, 2.75) is 6.54 Å². The molecule has 138 valence electrons. The van der Waals surface area contributed by atoms with Crippen molar-refractivity contribution in [2.75, 3.05) is 45.2 Å². The molecule has 2 aromatic rings. The second-order valence-corrected chi connectivity index (χ2v) is 6.07. The smallest absolute Gasteiger partial charge is 0.212 e. The summed E-state index contributed by atoms with van der Waals surface area (Å²) in [4.78, 5) is 13.0. The van der Waals surface area contributed by atoms with Crippen LogP contribution < -0.4 is 15.0 Å². The van der Waals surface area contributed by atoms with Gasteiger partial charge in [0.15, 0.2) is 5.96 Å². The van der Waals surface area contributed by atoms with Gasteiger partial charge in [0.2, 0.25) is 5.88 Å². The number of ether oxygens (including phenoxy) is 1. The number of pyridine rings is 1. The number of phenols is 1. The Labute approximate surface area is 153 Å². The molecular weight excluding hydrogens is 330 g/mol. The van der Waals surface area contributed by atoms with Crippen LogP contribution in [0.3, 0.4) is 0 Å². The highest BCUT2D eigenvalue weighted by molar-refractivity contribution is 5.80. The Kier molecular flexibility index (Phi) is 5.78. The topological polar surface area (TPSA) is 73.2 Å². The Balaban J connectivity index is 1.54. The number of nitrogens with zero attached hydrogens (tertiary/aromatic N) is 4. The predicted molar refractivity (Wildman–Crippen MR) is 103 cm³/mol. The molecule has 1 fully saturated rings. The number of hydrogen-bond acceptors (Lipinski definition) is 5. The fourth-order valence-corrected chi connectivity index (χ4v) is 3.04. The van der Waals surface area contributed by atoms with Gasteiger partial charge in [0.05, 0.1) is 12.8 Å². The van der Waals surface area contributed by atoms with E-state index in [1.165, 1.54) is 0 Å². The number of hydrogen-bond donors (Lipinski definition) is 2. The number of nitrogens with one attached hydrogen (secondary N) is 1. The first-order valence-corrected chi connectivity index (χ1v) is 8.68. The van der Waals surface area contributed by atoms with Gasteiger partial charge in [0.1, 0.15) is 5.75 Å². The minimum absolute atomic E-state index is 0.329. The van der Waals surface area contributed by atoms with Crippen molar-refractivity contribution in [1.29, 1.82) is 0 Å². The van der Waals surface area contributed by atoms with Crippen LogP contribution in [0.4, 0.5) is 5.69 Å². The molecule has 1 aliphatic rings.